The number of carbonyl (C=O) groups is 1. The molecule has 0 bridgehead atoms. The highest BCUT2D eigenvalue weighted by Crippen LogP contribution is 2.32. The molecule has 1 N–H and O–H groups in total. The van der Waals surface area contributed by atoms with Crippen molar-refractivity contribution in [3.8, 4) is 0 Å². The molecule has 3 aliphatic heterocycles. The first-order valence-corrected chi connectivity index (χ1v) is 8.13. The molecule has 120 valence electrons. The predicted molar refractivity (Wildman–Crippen MR) is 88.0 cm³/mol. The van der Waals surface area contributed by atoms with Crippen LogP contribution in [-0.2, 0) is 11.3 Å². The molecule has 1 amide bonds. The largest absolute Gasteiger partial charge is 0.352 e. The lowest BCUT2D eigenvalue weighted by Gasteiger charge is -2.37. The molecule has 1 aromatic carbocycles. The quantitative estimate of drug-likeness (QED) is 0.909. The number of guanidine groups is 1. The van der Waals surface area contributed by atoms with Crippen LogP contribution in [0, 0.1) is 0 Å². The summed E-state index contributed by atoms with van der Waals surface area (Å²) >= 11 is 0. The fourth-order valence-corrected chi connectivity index (χ4v) is 3.47. The number of benzene rings is 1. The van der Waals surface area contributed by atoms with Gasteiger partial charge >= 0.3 is 0 Å². The summed E-state index contributed by atoms with van der Waals surface area (Å²) in [6, 6.07) is 10.5. The van der Waals surface area contributed by atoms with Crippen molar-refractivity contribution in [3.05, 3.63) is 47.4 Å². The maximum atomic E-state index is 13.0. The summed E-state index contributed by atoms with van der Waals surface area (Å²) in [5.74, 6) is 1.75. The third-order valence-electron chi connectivity index (χ3n) is 4.59. The molecule has 3 heterocycles. The van der Waals surface area contributed by atoms with E-state index in [-0.39, 0.29) is 11.9 Å². The molecule has 4 rings (SSSR count). The van der Waals surface area contributed by atoms with Gasteiger partial charge < -0.3 is 10.2 Å². The molecule has 23 heavy (non-hydrogen) atoms. The lowest BCUT2D eigenvalue weighted by atomic mass is 10.2. The number of aliphatic imine (C=N–C) groups is 1. The van der Waals surface area contributed by atoms with Crippen LogP contribution in [0.4, 0.5) is 0 Å². The van der Waals surface area contributed by atoms with Gasteiger partial charge in [0.15, 0.2) is 0 Å². The highest BCUT2D eigenvalue weighted by atomic mass is 16.2. The molecular formula is C17H21N5O. The Morgan fingerprint density at radius 3 is 2.83 bits per heavy atom. The summed E-state index contributed by atoms with van der Waals surface area (Å²) in [7, 11) is 0. The molecule has 0 aliphatic carbocycles. The van der Waals surface area contributed by atoms with Crippen LogP contribution in [-0.4, -0.2) is 52.4 Å². The summed E-state index contributed by atoms with van der Waals surface area (Å²) < 4.78 is 0. The van der Waals surface area contributed by atoms with Crippen LogP contribution < -0.4 is 5.32 Å². The maximum absolute atomic E-state index is 13.0. The Morgan fingerprint density at radius 1 is 1.30 bits per heavy atom. The summed E-state index contributed by atoms with van der Waals surface area (Å²) in [6.07, 6.45) is 0. The number of carbonyl (C=O) groups excluding carboxylic acids is 1. The van der Waals surface area contributed by atoms with Gasteiger partial charge in [-0.2, -0.15) is 0 Å². The number of nitrogens with zero attached hydrogens (tertiary/aromatic N) is 4. The molecule has 0 fully saturated rings. The normalized spacial score (nSPS) is 23.0. The van der Waals surface area contributed by atoms with E-state index in [1.54, 1.807) is 4.90 Å². The van der Waals surface area contributed by atoms with Gasteiger partial charge in [0.25, 0.3) is 5.91 Å². The Labute approximate surface area is 136 Å². The van der Waals surface area contributed by atoms with Crippen molar-refractivity contribution in [2.75, 3.05) is 19.8 Å². The summed E-state index contributed by atoms with van der Waals surface area (Å²) in [4.78, 5) is 23.6. The smallest absolute Gasteiger partial charge is 0.280 e. The van der Waals surface area contributed by atoms with Crippen LogP contribution in [0.1, 0.15) is 19.4 Å². The zero-order chi connectivity index (χ0) is 16.0. The van der Waals surface area contributed by atoms with Gasteiger partial charge in [-0.1, -0.05) is 30.3 Å². The fourth-order valence-electron chi connectivity index (χ4n) is 3.47. The van der Waals surface area contributed by atoms with Crippen LogP contribution in [0.5, 0.6) is 0 Å². The average molecular weight is 311 g/mol. The summed E-state index contributed by atoms with van der Waals surface area (Å²) in [6.45, 7) is 6.89. The molecule has 6 heteroatoms. The number of rotatable bonds is 3. The van der Waals surface area contributed by atoms with Crippen molar-refractivity contribution in [2.24, 2.45) is 4.99 Å². The van der Waals surface area contributed by atoms with Crippen LogP contribution in [0.15, 0.2) is 46.8 Å². The van der Waals surface area contributed by atoms with Crippen molar-refractivity contribution in [2.45, 2.75) is 26.4 Å². The minimum absolute atomic E-state index is 0.0486. The molecule has 0 aromatic heterocycles. The van der Waals surface area contributed by atoms with E-state index in [9.17, 15) is 4.79 Å². The van der Waals surface area contributed by atoms with E-state index in [0.29, 0.717) is 13.2 Å². The average Bonchev–Trinajstić information content (AvgIpc) is 3.13. The maximum Gasteiger partial charge on any atom is 0.280 e. The van der Waals surface area contributed by atoms with E-state index in [4.69, 9.17) is 0 Å². The number of amides is 1. The Kier molecular flexibility index (Phi) is 3.25. The first-order valence-electron chi connectivity index (χ1n) is 8.13. The molecular weight excluding hydrogens is 290 g/mol. The minimum Gasteiger partial charge on any atom is -0.352 e. The minimum atomic E-state index is 0.0486. The molecule has 0 saturated carbocycles. The molecule has 1 aromatic rings. The van der Waals surface area contributed by atoms with Gasteiger partial charge in [-0.15, -0.1) is 0 Å². The zero-order valence-electron chi connectivity index (χ0n) is 13.5. The van der Waals surface area contributed by atoms with Crippen molar-refractivity contribution in [3.63, 3.8) is 0 Å². The predicted octanol–water partition coefficient (Wildman–Crippen LogP) is 1.14. The molecule has 0 radical (unpaired) electrons. The van der Waals surface area contributed by atoms with Crippen molar-refractivity contribution < 1.29 is 4.79 Å². The van der Waals surface area contributed by atoms with Crippen LogP contribution in [0.3, 0.4) is 0 Å². The standard InChI is InChI=1S/C17H21N5O/c1-3-21-16(23)14-15(22-12(2)9-18-17(21)22)19-11-20(14)10-13-7-5-4-6-8-13/h4-8,12,19H,3,9-11H2,1-2H3. The number of fused-ring (bicyclic) bond motifs is 2. The molecule has 0 spiro atoms. The third-order valence-corrected chi connectivity index (χ3v) is 4.59. The van der Waals surface area contributed by atoms with Gasteiger partial charge in [-0.3, -0.25) is 19.6 Å². The van der Waals surface area contributed by atoms with E-state index in [1.165, 1.54) is 5.56 Å². The monoisotopic (exact) mass is 311 g/mol. The van der Waals surface area contributed by atoms with Gasteiger partial charge in [-0.05, 0) is 19.4 Å². The Bertz CT molecular complexity index is 696. The van der Waals surface area contributed by atoms with Gasteiger partial charge in [0.1, 0.15) is 11.5 Å². The summed E-state index contributed by atoms with van der Waals surface area (Å²) in [5, 5.41) is 3.41. The Hall–Kier alpha value is -2.50. The topological polar surface area (TPSA) is 51.2 Å². The Balaban J connectivity index is 1.70. The molecule has 1 unspecified atom stereocenters. The van der Waals surface area contributed by atoms with Crippen LogP contribution >= 0.6 is 0 Å². The summed E-state index contributed by atoms with van der Waals surface area (Å²) in [5.41, 5.74) is 1.97. The van der Waals surface area contributed by atoms with E-state index < -0.39 is 0 Å². The van der Waals surface area contributed by atoms with Crippen LogP contribution in [0.25, 0.3) is 0 Å². The fraction of sp³-hybridized carbons (Fsp3) is 0.412. The number of nitrogens with one attached hydrogen (secondary N) is 1. The van der Waals surface area contributed by atoms with Crippen molar-refractivity contribution in [1.29, 1.82) is 0 Å². The number of likely N-dealkylation sites (N-methyl/N-ethyl adjacent to an activating group) is 1. The second-order valence-electron chi connectivity index (χ2n) is 6.12. The van der Waals surface area contributed by atoms with E-state index in [1.807, 2.05) is 25.1 Å². The lowest BCUT2D eigenvalue weighted by molar-refractivity contribution is -0.126. The lowest BCUT2D eigenvalue weighted by Crippen LogP contribution is -2.53. The number of hydrogen-bond acceptors (Lipinski definition) is 5. The van der Waals surface area contributed by atoms with Gasteiger partial charge in [0.05, 0.1) is 19.3 Å². The Morgan fingerprint density at radius 2 is 2.09 bits per heavy atom. The molecule has 6 nitrogen and oxygen atoms in total. The second-order valence-corrected chi connectivity index (χ2v) is 6.12. The van der Waals surface area contributed by atoms with E-state index in [0.717, 1.165) is 30.6 Å². The second kappa shape index (κ2) is 5.30. The van der Waals surface area contributed by atoms with Gasteiger partial charge in [-0.25, -0.2) is 0 Å². The van der Waals surface area contributed by atoms with Gasteiger partial charge in [0, 0.05) is 13.1 Å². The zero-order valence-corrected chi connectivity index (χ0v) is 13.5. The SMILES string of the molecule is CCN1C(=O)C2=C(NCN2Cc2ccccc2)N2C1=NCC2C. The number of hydrogen-bond donors (Lipinski definition) is 1. The first kappa shape index (κ1) is 14.1. The third kappa shape index (κ3) is 2.09. The molecule has 3 aliphatic rings. The highest BCUT2D eigenvalue weighted by Gasteiger charge is 2.45. The first-order chi connectivity index (χ1) is 11.2. The molecule has 1 atom stereocenters. The van der Waals surface area contributed by atoms with Crippen LogP contribution in [0.2, 0.25) is 0 Å². The van der Waals surface area contributed by atoms with Crippen molar-refractivity contribution >= 4 is 11.9 Å². The van der Waals surface area contributed by atoms with E-state index in [2.05, 4.69) is 39.2 Å². The highest BCUT2D eigenvalue weighted by molar-refractivity contribution is 6.09. The molecule has 0 saturated heterocycles. The van der Waals surface area contributed by atoms with E-state index >= 15 is 0 Å². The van der Waals surface area contributed by atoms with Gasteiger partial charge in [0.2, 0.25) is 5.96 Å². The van der Waals surface area contributed by atoms with Crippen molar-refractivity contribution in [1.82, 2.24) is 20.0 Å².